The smallest absolute Gasteiger partial charge is 0.419 e. The van der Waals surface area contributed by atoms with E-state index in [1.165, 1.54) is 13.2 Å². The third kappa shape index (κ3) is 3.42. The quantitative estimate of drug-likeness (QED) is 0.805. The van der Waals surface area contributed by atoms with E-state index in [1.54, 1.807) is 19.2 Å². The van der Waals surface area contributed by atoms with Crippen LogP contribution in [0.2, 0.25) is 0 Å². The van der Waals surface area contributed by atoms with Crippen LogP contribution in [0.5, 0.6) is 5.75 Å². The van der Waals surface area contributed by atoms with Crippen LogP contribution in [0.4, 0.5) is 13.2 Å². The number of hydrogen-bond acceptors (Lipinski definition) is 2. The Morgan fingerprint density at radius 1 is 0.955 bits per heavy atom. The molecular weight excluding hydrogens is 293 g/mol. The molecule has 2 aromatic carbocycles. The number of aryl methyl sites for hydroxylation is 1. The van der Waals surface area contributed by atoms with Crippen molar-refractivity contribution >= 4 is 0 Å². The Labute approximate surface area is 127 Å². The summed E-state index contributed by atoms with van der Waals surface area (Å²) in [5.41, 5.74) is 2.44. The van der Waals surface area contributed by atoms with E-state index in [1.807, 2.05) is 19.1 Å². The average molecular weight is 310 g/mol. The highest BCUT2D eigenvalue weighted by Crippen LogP contribution is 2.38. The maximum absolute atomic E-state index is 13.1. The maximum Gasteiger partial charge on any atom is 0.419 e. The number of alkyl halides is 3. The molecule has 0 aliphatic rings. The molecule has 0 spiro atoms. The van der Waals surface area contributed by atoms with Gasteiger partial charge in [-0.05, 0) is 41.3 Å². The van der Waals surface area contributed by atoms with E-state index in [-0.39, 0.29) is 5.75 Å². The van der Waals surface area contributed by atoms with Gasteiger partial charge in [0.25, 0.3) is 0 Å². The topological polar surface area (TPSA) is 18.5 Å². The molecule has 0 saturated heterocycles. The summed E-state index contributed by atoms with van der Waals surface area (Å²) >= 11 is 0. The first-order valence-electron chi connectivity index (χ1n) is 6.71. The van der Waals surface area contributed by atoms with Crippen LogP contribution in [0.25, 0.3) is 11.1 Å². The van der Waals surface area contributed by atoms with Crippen LogP contribution in [0.15, 0.2) is 36.4 Å². The fourth-order valence-corrected chi connectivity index (χ4v) is 2.30. The highest BCUT2D eigenvalue weighted by molar-refractivity contribution is 5.67. The number of methoxy groups -OCH3 is 2. The number of halogens is 3. The minimum Gasteiger partial charge on any atom is -0.496 e. The fourth-order valence-electron chi connectivity index (χ4n) is 2.30. The molecule has 0 radical (unpaired) electrons. The number of benzene rings is 2. The summed E-state index contributed by atoms with van der Waals surface area (Å²) in [6.45, 7) is 2.38. The molecule has 0 bridgehead atoms. The van der Waals surface area contributed by atoms with Gasteiger partial charge in [-0.1, -0.05) is 24.3 Å². The Kier molecular flexibility index (Phi) is 4.76. The van der Waals surface area contributed by atoms with Gasteiger partial charge in [-0.3, -0.25) is 0 Å². The monoisotopic (exact) mass is 310 g/mol. The number of ether oxygens (including phenoxy) is 2. The number of rotatable bonds is 4. The minimum atomic E-state index is -4.45. The van der Waals surface area contributed by atoms with Crippen LogP contribution in [-0.2, 0) is 17.5 Å². The Balaban J connectivity index is 2.47. The molecule has 118 valence electrons. The van der Waals surface area contributed by atoms with E-state index in [0.29, 0.717) is 12.2 Å². The van der Waals surface area contributed by atoms with Crippen LogP contribution in [-0.4, -0.2) is 14.2 Å². The van der Waals surface area contributed by atoms with E-state index in [0.717, 1.165) is 22.8 Å². The first-order valence-corrected chi connectivity index (χ1v) is 6.71. The second kappa shape index (κ2) is 6.40. The van der Waals surface area contributed by atoms with Gasteiger partial charge in [-0.15, -0.1) is 0 Å². The zero-order valence-electron chi connectivity index (χ0n) is 12.6. The van der Waals surface area contributed by atoms with Gasteiger partial charge in [0.1, 0.15) is 5.75 Å². The van der Waals surface area contributed by atoms with E-state index >= 15 is 0 Å². The maximum atomic E-state index is 13.1. The van der Waals surface area contributed by atoms with E-state index in [2.05, 4.69) is 0 Å². The molecule has 2 nitrogen and oxygen atoms in total. The average Bonchev–Trinajstić information content (AvgIpc) is 2.48. The Bertz CT molecular complexity index is 663. The lowest BCUT2D eigenvalue weighted by atomic mass is 9.98. The molecular formula is C17H17F3O2. The Hall–Kier alpha value is -2.01. The summed E-state index contributed by atoms with van der Waals surface area (Å²) in [4.78, 5) is 0. The van der Waals surface area contributed by atoms with Crippen LogP contribution in [0.1, 0.15) is 16.7 Å². The van der Waals surface area contributed by atoms with Crippen molar-refractivity contribution in [3.8, 4) is 16.9 Å². The van der Waals surface area contributed by atoms with Crippen LogP contribution in [0.3, 0.4) is 0 Å². The molecule has 0 aliphatic heterocycles. The molecule has 0 N–H and O–H groups in total. The third-order valence-corrected chi connectivity index (χ3v) is 3.48. The predicted octanol–water partition coefficient (Wildman–Crippen LogP) is 4.84. The van der Waals surface area contributed by atoms with Crippen molar-refractivity contribution in [1.29, 1.82) is 0 Å². The standard InChI is InChI=1S/C17H17F3O2/c1-11-8-12(4-5-14(11)10-21-2)13-6-7-16(22-3)15(9-13)17(18,19)20/h4-9H,10H2,1-3H3. The molecule has 0 atom stereocenters. The second-order valence-electron chi connectivity index (χ2n) is 4.99. The normalized spacial score (nSPS) is 11.5. The zero-order chi connectivity index (χ0) is 16.3. The Morgan fingerprint density at radius 3 is 2.14 bits per heavy atom. The SMILES string of the molecule is COCc1ccc(-c2ccc(OC)c(C(F)(F)F)c2)cc1C. The highest BCUT2D eigenvalue weighted by atomic mass is 19.4. The van der Waals surface area contributed by atoms with Crippen molar-refractivity contribution in [3.05, 3.63) is 53.1 Å². The third-order valence-electron chi connectivity index (χ3n) is 3.48. The van der Waals surface area contributed by atoms with Crippen molar-refractivity contribution < 1.29 is 22.6 Å². The van der Waals surface area contributed by atoms with Gasteiger partial charge in [0, 0.05) is 7.11 Å². The summed E-state index contributed by atoms with van der Waals surface area (Å²) in [5, 5.41) is 0. The van der Waals surface area contributed by atoms with Gasteiger partial charge in [0.05, 0.1) is 19.3 Å². The molecule has 0 fully saturated rings. The fraction of sp³-hybridized carbons (Fsp3) is 0.294. The minimum absolute atomic E-state index is 0.177. The predicted molar refractivity (Wildman–Crippen MR) is 78.9 cm³/mol. The number of hydrogen-bond donors (Lipinski definition) is 0. The summed E-state index contributed by atoms with van der Waals surface area (Å²) < 4.78 is 49.1. The van der Waals surface area contributed by atoms with Gasteiger partial charge in [0.15, 0.2) is 0 Å². The van der Waals surface area contributed by atoms with Crippen molar-refractivity contribution in [1.82, 2.24) is 0 Å². The molecule has 0 saturated carbocycles. The largest absolute Gasteiger partial charge is 0.496 e. The van der Waals surface area contributed by atoms with Gasteiger partial charge >= 0.3 is 6.18 Å². The molecule has 0 aliphatic carbocycles. The highest BCUT2D eigenvalue weighted by Gasteiger charge is 2.34. The molecule has 0 aromatic heterocycles. The van der Waals surface area contributed by atoms with Crippen molar-refractivity contribution in [2.45, 2.75) is 19.7 Å². The summed E-state index contributed by atoms with van der Waals surface area (Å²) in [5.74, 6) is -0.177. The van der Waals surface area contributed by atoms with Gasteiger partial charge in [0.2, 0.25) is 0 Å². The Morgan fingerprint density at radius 2 is 1.59 bits per heavy atom. The zero-order valence-corrected chi connectivity index (χ0v) is 12.6. The van der Waals surface area contributed by atoms with Crippen LogP contribution < -0.4 is 4.74 Å². The van der Waals surface area contributed by atoms with Crippen molar-refractivity contribution in [2.75, 3.05) is 14.2 Å². The lowest BCUT2D eigenvalue weighted by Crippen LogP contribution is -2.07. The van der Waals surface area contributed by atoms with Gasteiger partial charge in [-0.2, -0.15) is 13.2 Å². The first-order chi connectivity index (χ1) is 10.4. The molecule has 0 amide bonds. The first kappa shape index (κ1) is 16.4. The van der Waals surface area contributed by atoms with E-state index < -0.39 is 11.7 Å². The lowest BCUT2D eigenvalue weighted by Gasteiger charge is -2.14. The van der Waals surface area contributed by atoms with E-state index in [4.69, 9.17) is 9.47 Å². The van der Waals surface area contributed by atoms with Crippen molar-refractivity contribution in [2.24, 2.45) is 0 Å². The second-order valence-corrected chi connectivity index (χ2v) is 4.99. The van der Waals surface area contributed by atoms with Gasteiger partial charge in [-0.25, -0.2) is 0 Å². The molecule has 2 aromatic rings. The van der Waals surface area contributed by atoms with E-state index in [9.17, 15) is 13.2 Å². The molecule has 0 unspecified atom stereocenters. The molecule has 5 heteroatoms. The van der Waals surface area contributed by atoms with Crippen LogP contribution in [0, 0.1) is 6.92 Å². The molecule has 2 rings (SSSR count). The molecule has 0 heterocycles. The molecule has 22 heavy (non-hydrogen) atoms. The van der Waals surface area contributed by atoms with Crippen molar-refractivity contribution in [3.63, 3.8) is 0 Å². The van der Waals surface area contributed by atoms with Crippen LogP contribution >= 0.6 is 0 Å². The summed E-state index contributed by atoms with van der Waals surface area (Å²) in [7, 11) is 2.83. The summed E-state index contributed by atoms with van der Waals surface area (Å²) in [6.07, 6.45) is -4.45. The summed E-state index contributed by atoms with van der Waals surface area (Å²) in [6, 6.07) is 9.60. The van der Waals surface area contributed by atoms with Gasteiger partial charge < -0.3 is 9.47 Å². The lowest BCUT2D eigenvalue weighted by molar-refractivity contribution is -0.138.